The van der Waals surface area contributed by atoms with Gasteiger partial charge in [-0.15, -0.1) is 0 Å². The molecule has 15 heavy (non-hydrogen) atoms. The van der Waals surface area contributed by atoms with Gasteiger partial charge >= 0.3 is 0 Å². The highest BCUT2D eigenvalue weighted by Crippen LogP contribution is 2.24. The van der Waals surface area contributed by atoms with E-state index in [0.717, 1.165) is 11.1 Å². The van der Waals surface area contributed by atoms with E-state index in [4.69, 9.17) is 20.7 Å². The molecule has 1 aromatic rings. The van der Waals surface area contributed by atoms with Crippen molar-refractivity contribution in [3.63, 3.8) is 0 Å². The van der Waals surface area contributed by atoms with Gasteiger partial charge in [-0.1, -0.05) is 6.07 Å². The smallest absolute Gasteiger partial charge is 0.124 e. The Morgan fingerprint density at radius 2 is 2.00 bits per heavy atom. The fourth-order valence-corrected chi connectivity index (χ4v) is 1.24. The lowest BCUT2D eigenvalue weighted by Gasteiger charge is -2.13. The Morgan fingerprint density at radius 3 is 2.60 bits per heavy atom. The van der Waals surface area contributed by atoms with Gasteiger partial charge in [0.05, 0.1) is 6.61 Å². The molecule has 0 aromatic heterocycles. The normalized spacial score (nSPS) is 12.5. The van der Waals surface area contributed by atoms with E-state index < -0.39 is 6.10 Å². The fraction of sp³-hybridized carbons (Fsp3) is 0.455. The maximum absolute atomic E-state index is 9.13. The number of aryl methyl sites for hydroxylation is 2. The number of rotatable bonds is 4. The van der Waals surface area contributed by atoms with Gasteiger partial charge in [-0.3, -0.25) is 0 Å². The summed E-state index contributed by atoms with van der Waals surface area (Å²) in [5.74, 6) is 0.644. The molecule has 0 aliphatic carbocycles. The van der Waals surface area contributed by atoms with Crippen LogP contribution in [-0.4, -0.2) is 29.5 Å². The summed E-state index contributed by atoms with van der Waals surface area (Å²) in [6.07, 6.45) is -0.855. The monoisotopic (exact) mass is 211 g/mol. The molecule has 0 saturated carbocycles. The van der Waals surface area contributed by atoms with Crippen LogP contribution in [0.5, 0.6) is 5.75 Å². The maximum atomic E-state index is 9.13. The van der Waals surface area contributed by atoms with Crippen molar-refractivity contribution in [1.82, 2.24) is 0 Å². The van der Waals surface area contributed by atoms with Crippen LogP contribution in [-0.2, 0) is 0 Å². The van der Waals surface area contributed by atoms with Crippen LogP contribution >= 0.6 is 0 Å². The van der Waals surface area contributed by atoms with E-state index in [2.05, 4.69) is 0 Å². The molecular formula is C11H17NO3. The summed E-state index contributed by atoms with van der Waals surface area (Å²) in [7, 11) is 0. The maximum Gasteiger partial charge on any atom is 0.124 e. The van der Waals surface area contributed by atoms with Crippen molar-refractivity contribution in [3.05, 3.63) is 23.3 Å². The average Bonchev–Trinajstić information content (AvgIpc) is 2.21. The van der Waals surface area contributed by atoms with Crippen molar-refractivity contribution < 1.29 is 14.9 Å². The number of nitrogens with two attached hydrogens (primary N) is 1. The molecule has 0 spiro atoms. The number of hydrogen-bond donors (Lipinski definition) is 3. The predicted molar refractivity (Wildman–Crippen MR) is 58.9 cm³/mol. The largest absolute Gasteiger partial charge is 0.490 e. The van der Waals surface area contributed by atoms with Crippen molar-refractivity contribution in [2.24, 2.45) is 0 Å². The molecule has 1 rings (SSSR count). The third kappa shape index (κ3) is 3.11. The van der Waals surface area contributed by atoms with E-state index in [9.17, 15) is 0 Å². The zero-order chi connectivity index (χ0) is 11.4. The van der Waals surface area contributed by atoms with Crippen molar-refractivity contribution in [3.8, 4) is 5.75 Å². The van der Waals surface area contributed by atoms with E-state index in [1.807, 2.05) is 19.9 Å². The number of hydrogen-bond acceptors (Lipinski definition) is 4. The third-order valence-corrected chi connectivity index (χ3v) is 2.21. The lowest BCUT2D eigenvalue weighted by atomic mass is 10.1. The van der Waals surface area contributed by atoms with Gasteiger partial charge in [-0.25, -0.2) is 0 Å². The average molecular weight is 211 g/mol. The second-order valence-electron chi connectivity index (χ2n) is 3.62. The van der Waals surface area contributed by atoms with Crippen molar-refractivity contribution in [2.45, 2.75) is 20.0 Å². The quantitative estimate of drug-likeness (QED) is 0.638. The zero-order valence-corrected chi connectivity index (χ0v) is 9.03. The highest BCUT2D eigenvalue weighted by molar-refractivity contribution is 5.54. The van der Waals surface area contributed by atoms with Crippen LogP contribution in [0, 0.1) is 13.8 Å². The van der Waals surface area contributed by atoms with Crippen LogP contribution in [0.25, 0.3) is 0 Å². The van der Waals surface area contributed by atoms with Crippen molar-refractivity contribution >= 4 is 5.69 Å². The summed E-state index contributed by atoms with van der Waals surface area (Å²) in [6, 6.07) is 3.66. The molecule has 84 valence electrons. The predicted octanol–water partition coefficient (Wildman–Crippen LogP) is 0.618. The molecule has 4 nitrogen and oxygen atoms in total. The first kappa shape index (κ1) is 11.8. The van der Waals surface area contributed by atoms with E-state index in [0.29, 0.717) is 11.4 Å². The molecule has 0 radical (unpaired) electrons. The van der Waals surface area contributed by atoms with Crippen LogP contribution < -0.4 is 10.5 Å². The number of anilines is 1. The molecule has 0 fully saturated rings. The first-order valence-corrected chi connectivity index (χ1v) is 4.83. The van der Waals surface area contributed by atoms with Crippen LogP contribution in [0.15, 0.2) is 12.1 Å². The van der Waals surface area contributed by atoms with E-state index in [1.54, 1.807) is 6.07 Å². The van der Waals surface area contributed by atoms with E-state index in [-0.39, 0.29) is 13.2 Å². The van der Waals surface area contributed by atoms with Crippen LogP contribution in [0.3, 0.4) is 0 Å². The molecule has 1 aromatic carbocycles. The second kappa shape index (κ2) is 5.00. The molecule has 0 bridgehead atoms. The van der Waals surface area contributed by atoms with Crippen LogP contribution in [0.2, 0.25) is 0 Å². The fourth-order valence-electron chi connectivity index (χ4n) is 1.24. The molecular weight excluding hydrogens is 194 g/mol. The van der Waals surface area contributed by atoms with Crippen molar-refractivity contribution in [2.75, 3.05) is 18.9 Å². The number of nitrogen functional groups attached to an aromatic ring is 1. The lowest BCUT2D eigenvalue weighted by molar-refractivity contribution is 0.0534. The molecule has 0 aliphatic heterocycles. The van der Waals surface area contributed by atoms with Gasteiger partial charge in [0.25, 0.3) is 0 Å². The Bertz CT molecular complexity index is 339. The lowest BCUT2D eigenvalue weighted by Crippen LogP contribution is -2.21. The summed E-state index contributed by atoms with van der Waals surface area (Å²) in [5.41, 5.74) is 8.36. The summed E-state index contributed by atoms with van der Waals surface area (Å²) >= 11 is 0. The van der Waals surface area contributed by atoms with Crippen LogP contribution in [0.1, 0.15) is 11.1 Å². The second-order valence-corrected chi connectivity index (χ2v) is 3.62. The first-order chi connectivity index (χ1) is 7.04. The van der Waals surface area contributed by atoms with Gasteiger partial charge in [0.1, 0.15) is 18.5 Å². The standard InChI is InChI=1S/C11H17NO3/c1-7-3-8(2)11(4-10(7)12)15-6-9(14)5-13/h3-4,9,13-14H,5-6,12H2,1-2H3. The van der Waals surface area contributed by atoms with Gasteiger partial charge in [0, 0.05) is 11.8 Å². The Labute approximate surface area is 89.3 Å². The van der Waals surface area contributed by atoms with E-state index >= 15 is 0 Å². The minimum Gasteiger partial charge on any atom is -0.490 e. The van der Waals surface area contributed by atoms with Crippen LogP contribution in [0.4, 0.5) is 5.69 Å². The number of aliphatic hydroxyl groups is 2. The number of benzene rings is 1. The summed E-state index contributed by atoms with van der Waals surface area (Å²) in [5, 5.41) is 17.8. The van der Waals surface area contributed by atoms with Gasteiger partial charge in [0.2, 0.25) is 0 Å². The Balaban J connectivity index is 2.73. The summed E-state index contributed by atoms with van der Waals surface area (Å²) < 4.78 is 5.34. The van der Waals surface area contributed by atoms with Gasteiger partial charge in [-0.2, -0.15) is 0 Å². The molecule has 0 amide bonds. The highest BCUT2D eigenvalue weighted by atomic mass is 16.5. The van der Waals surface area contributed by atoms with Gasteiger partial charge in [-0.05, 0) is 25.0 Å². The number of aliphatic hydroxyl groups excluding tert-OH is 2. The minimum atomic E-state index is -0.855. The Morgan fingerprint density at radius 1 is 1.33 bits per heavy atom. The summed E-state index contributed by atoms with van der Waals surface area (Å²) in [6.45, 7) is 3.60. The highest BCUT2D eigenvalue weighted by Gasteiger charge is 2.06. The van der Waals surface area contributed by atoms with Crippen molar-refractivity contribution in [1.29, 1.82) is 0 Å². The molecule has 0 saturated heterocycles. The zero-order valence-electron chi connectivity index (χ0n) is 9.03. The molecule has 4 N–H and O–H groups in total. The van der Waals surface area contributed by atoms with Gasteiger partial charge < -0.3 is 20.7 Å². The molecule has 4 heteroatoms. The van der Waals surface area contributed by atoms with Gasteiger partial charge in [0.15, 0.2) is 0 Å². The summed E-state index contributed by atoms with van der Waals surface area (Å²) in [4.78, 5) is 0. The first-order valence-electron chi connectivity index (χ1n) is 4.83. The minimum absolute atomic E-state index is 0.0693. The number of ether oxygens (including phenoxy) is 1. The molecule has 1 unspecified atom stereocenters. The third-order valence-electron chi connectivity index (χ3n) is 2.21. The topological polar surface area (TPSA) is 75.7 Å². The molecule has 0 heterocycles. The Hall–Kier alpha value is -1.26. The molecule has 0 aliphatic rings. The Kier molecular flexibility index (Phi) is 3.94. The van der Waals surface area contributed by atoms with E-state index in [1.165, 1.54) is 0 Å². The molecule has 1 atom stereocenters. The SMILES string of the molecule is Cc1cc(C)c(OCC(O)CO)cc1N.